The molecule has 1 N–H and O–H groups in total. The van der Waals surface area contributed by atoms with Gasteiger partial charge in [-0.15, -0.1) is 5.10 Å². The molecule has 160 valence electrons. The third-order valence-electron chi connectivity index (χ3n) is 4.75. The van der Waals surface area contributed by atoms with E-state index in [4.69, 9.17) is 4.74 Å². The zero-order valence-corrected chi connectivity index (χ0v) is 17.4. The summed E-state index contributed by atoms with van der Waals surface area (Å²) < 4.78 is 6.79. The maximum absolute atomic E-state index is 12.8. The van der Waals surface area contributed by atoms with Crippen molar-refractivity contribution in [3.05, 3.63) is 94.3 Å². The lowest BCUT2D eigenvalue weighted by Crippen LogP contribution is -2.14. The summed E-state index contributed by atoms with van der Waals surface area (Å²) in [5.41, 5.74) is 2.73. The van der Waals surface area contributed by atoms with Crippen LogP contribution in [-0.4, -0.2) is 32.7 Å². The first-order chi connectivity index (χ1) is 15.4. The molecule has 4 aromatic rings. The molecule has 0 radical (unpaired) electrons. The number of carbonyl (C=O) groups is 1. The Morgan fingerprint density at radius 3 is 2.44 bits per heavy atom. The first-order valence-corrected chi connectivity index (χ1v) is 9.69. The monoisotopic (exact) mass is 429 g/mol. The van der Waals surface area contributed by atoms with Crippen molar-refractivity contribution >= 4 is 17.3 Å². The van der Waals surface area contributed by atoms with E-state index >= 15 is 0 Å². The van der Waals surface area contributed by atoms with Crippen molar-refractivity contribution in [2.75, 3.05) is 12.4 Å². The summed E-state index contributed by atoms with van der Waals surface area (Å²) in [5, 5.41) is 18.0. The third kappa shape index (κ3) is 4.31. The van der Waals surface area contributed by atoms with Crippen LogP contribution in [-0.2, 0) is 0 Å². The Morgan fingerprint density at radius 2 is 1.78 bits per heavy atom. The number of amides is 1. The lowest BCUT2D eigenvalue weighted by molar-refractivity contribution is -0.384. The molecule has 9 nitrogen and oxygen atoms in total. The Morgan fingerprint density at radius 1 is 1.06 bits per heavy atom. The number of nitro benzene ring substituents is 1. The number of ether oxygens (including phenoxy) is 1. The molecule has 0 bridgehead atoms. The summed E-state index contributed by atoms with van der Waals surface area (Å²) in [6.45, 7) is 1.98. The lowest BCUT2D eigenvalue weighted by Gasteiger charge is -2.07. The quantitative estimate of drug-likeness (QED) is 0.359. The van der Waals surface area contributed by atoms with Gasteiger partial charge in [-0.05, 0) is 37.3 Å². The van der Waals surface area contributed by atoms with Crippen LogP contribution in [0.3, 0.4) is 0 Å². The fraction of sp³-hybridized carbons (Fsp3) is 0.0870. The number of nitrogens with zero attached hydrogens (tertiary/aromatic N) is 4. The van der Waals surface area contributed by atoms with Crippen LogP contribution in [0.1, 0.15) is 16.2 Å². The van der Waals surface area contributed by atoms with E-state index in [1.54, 1.807) is 30.0 Å². The van der Waals surface area contributed by atoms with Gasteiger partial charge in [-0.3, -0.25) is 14.9 Å². The number of aromatic nitrogens is 3. The van der Waals surface area contributed by atoms with Gasteiger partial charge in [0.1, 0.15) is 5.75 Å². The van der Waals surface area contributed by atoms with Crippen molar-refractivity contribution in [1.29, 1.82) is 0 Å². The highest BCUT2D eigenvalue weighted by atomic mass is 16.6. The molecule has 4 rings (SSSR count). The van der Waals surface area contributed by atoms with Gasteiger partial charge in [-0.1, -0.05) is 35.9 Å². The molecule has 1 aromatic heterocycles. The van der Waals surface area contributed by atoms with Gasteiger partial charge in [0.15, 0.2) is 5.82 Å². The molecule has 32 heavy (non-hydrogen) atoms. The number of benzene rings is 3. The topological polar surface area (TPSA) is 112 Å². The molecule has 0 unspecified atom stereocenters. The van der Waals surface area contributed by atoms with Crippen LogP contribution in [0, 0.1) is 17.0 Å². The summed E-state index contributed by atoms with van der Waals surface area (Å²) in [5.74, 6) is 0.530. The number of carbonyl (C=O) groups excluding carboxylic acids is 1. The van der Waals surface area contributed by atoms with Gasteiger partial charge in [0.05, 0.1) is 17.7 Å². The molecule has 0 atom stereocenters. The predicted molar refractivity (Wildman–Crippen MR) is 119 cm³/mol. The van der Waals surface area contributed by atoms with E-state index in [1.807, 2.05) is 43.3 Å². The molecular weight excluding hydrogens is 410 g/mol. The van der Waals surface area contributed by atoms with E-state index in [0.29, 0.717) is 17.3 Å². The third-order valence-corrected chi connectivity index (χ3v) is 4.75. The average Bonchev–Trinajstić information content (AvgIpc) is 3.25. The van der Waals surface area contributed by atoms with Crippen molar-refractivity contribution in [2.45, 2.75) is 6.92 Å². The number of nitrogens with one attached hydrogen (secondary N) is 1. The van der Waals surface area contributed by atoms with Crippen molar-refractivity contribution in [3.8, 4) is 22.8 Å². The van der Waals surface area contributed by atoms with E-state index in [0.717, 1.165) is 11.1 Å². The van der Waals surface area contributed by atoms with Gasteiger partial charge >= 0.3 is 0 Å². The van der Waals surface area contributed by atoms with E-state index < -0.39 is 10.8 Å². The molecule has 1 heterocycles. The Balaban J connectivity index is 1.72. The summed E-state index contributed by atoms with van der Waals surface area (Å²) in [6.07, 6.45) is 0. The number of nitro groups is 1. The van der Waals surface area contributed by atoms with Crippen LogP contribution in [0.15, 0.2) is 72.8 Å². The van der Waals surface area contributed by atoms with Crippen LogP contribution in [0.25, 0.3) is 17.1 Å². The Labute approximate surface area is 183 Å². The first-order valence-electron chi connectivity index (χ1n) is 9.69. The van der Waals surface area contributed by atoms with Gasteiger partial charge in [-0.25, -0.2) is 9.67 Å². The van der Waals surface area contributed by atoms with Crippen LogP contribution in [0.2, 0.25) is 0 Å². The number of methoxy groups -OCH3 is 1. The number of hydrogen-bond acceptors (Lipinski definition) is 6. The number of non-ortho nitro benzene ring substituents is 1. The second-order valence-corrected chi connectivity index (χ2v) is 7.00. The first kappa shape index (κ1) is 20.7. The molecular formula is C23H19N5O4. The normalized spacial score (nSPS) is 10.6. The second kappa shape index (κ2) is 8.68. The maximum atomic E-state index is 12.8. The number of rotatable bonds is 6. The molecule has 0 saturated heterocycles. The van der Waals surface area contributed by atoms with Crippen LogP contribution in [0.4, 0.5) is 11.4 Å². The van der Waals surface area contributed by atoms with Gasteiger partial charge in [0, 0.05) is 23.4 Å². The Bertz CT molecular complexity index is 1280. The minimum Gasteiger partial charge on any atom is -0.497 e. The Hall–Kier alpha value is -4.53. The fourth-order valence-electron chi connectivity index (χ4n) is 3.09. The van der Waals surface area contributed by atoms with Gasteiger partial charge in [0.2, 0.25) is 5.82 Å². The molecule has 1 amide bonds. The van der Waals surface area contributed by atoms with E-state index in [-0.39, 0.29) is 17.2 Å². The van der Waals surface area contributed by atoms with Gasteiger partial charge in [0.25, 0.3) is 11.6 Å². The molecule has 0 fully saturated rings. The number of anilines is 1. The number of aryl methyl sites for hydroxylation is 1. The minimum absolute atomic E-state index is 0.0668. The van der Waals surface area contributed by atoms with E-state index in [2.05, 4.69) is 15.4 Å². The highest BCUT2D eigenvalue weighted by molar-refractivity contribution is 6.02. The molecule has 3 aromatic carbocycles. The van der Waals surface area contributed by atoms with Gasteiger partial charge < -0.3 is 10.1 Å². The minimum atomic E-state index is -0.578. The summed E-state index contributed by atoms with van der Waals surface area (Å²) in [6, 6.07) is 20.6. The summed E-state index contributed by atoms with van der Waals surface area (Å²) in [4.78, 5) is 27.8. The summed E-state index contributed by atoms with van der Waals surface area (Å²) >= 11 is 0. The zero-order valence-electron chi connectivity index (χ0n) is 17.4. The standard InChI is InChI=1S/C23H19N5O4/c1-15-6-8-16(9-7-15)22-25-21(26-27(22)18-10-12-20(32-2)13-11-18)23(29)24-17-4-3-5-19(14-17)28(30)31/h3-14H,1-2H3,(H,24,29). The highest BCUT2D eigenvalue weighted by Gasteiger charge is 2.20. The lowest BCUT2D eigenvalue weighted by atomic mass is 10.1. The van der Waals surface area contributed by atoms with Crippen LogP contribution < -0.4 is 10.1 Å². The average molecular weight is 429 g/mol. The smallest absolute Gasteiger partial charge is 0.295 e. The summed E-state index contributed by atoms with van der Waals surface area (Å²) in [7, 11) is 1.58. The SMILES string of the molecule is COc1ccc(-n2nc(C(=O)Nc3cccc([N+](=O)[O-])c3)nc2-c2ccc(C)cc2)cc1. The molecule has 0 aliphatic heterocycles. The Kier molecular flexibility index (Phi) is 5.63. The van der Waals surface area contributed by atoms with Gasteiger partial charge in [-0.2, -0.15) is 0 Å². The van der Waals surface area contributed by atoms with E-state index in [1.165, 1.54) is 18.2 Å². The zero-order chi connectivity index (χ0) is 22.7. The fourth-order valence-corrected chi connectivity index (χ4v) is 3.09. The second-order valence-electron chi connectivity index (χ2n) is 7.00. The van der Waals surface area contributed by atoms with Crippen molar-refractivity contribution in [3.63, 3.8) is 0 Å². The van der Waals surface area contributed by atoms with Crippen molar-refractivity contribution < 1.29 is 14.5 Å². The molecule has 0 aliphatic rings. The molecule has 0 spiro atoms. The predicted octanol–water partition coefficient (Wildman–Crippen LogP) is 4.41. The maximum Gasteiger partial charge on any atom is 0.295 e. The van der Waals surface area contributed by atoms with Crippen LogP contribution in [0.5, 0.6) is 5.75 Å². The van der Waals surface area contributed by atoms with E-state index in [9.17, 15) is 14.9 Å². The molecule has 0 saturated carbocycles. The largest absolute Gasteiger partial charge is 0.497 e. The van der Waals surface area contributed by atoms with Crippen LogP contribution >= 0.6 is 0 Å². The van der Waals surface area contributed by atoms with Crippen molar-refractivity contribution in [2.24, 2.45) is 0 Å². The highest BCUT2D eigenvalue weighted by Crippen LogP contribution is 2.24. The molecule has 0 aliphatic carbocycles. The number of hydrogen-bond donors (Lipinski definition) is 1. The van der Waals surface area contributed by atoms with Crippen molar-refractivity contribution in [1.82, 2.24) is 14.8 Å². The molecule has 9 heteroatoms.